The summed E-state index contributed by atoms with van der Waals surface area (Å²) in [5.41, 5.74) is 6.52. The van der Waals surface area contributed by atoms with E-state index in [1.54, 1.807) is 12.1 Å². The summed E-state index contributed by atoms with van der Waals surface area (Å²) in [6.07, 6.45) is 0. The Bertz CT molecular complexity index is 501. The Balaban J connectivity index is 1.90. The second kappa shape index (κ2) is 6.35. The molecule has 1 heterocycles. The highest BCUT2D eigenvalue weighted by Gasteiger charge is 2.06. The molecule has 0 radical (unpaired) electrons. The zero-order chi connectivity index (χ0) is 13.0. The summed E-state index contributed by atoms with van der Waals surface area (Å²) in [6, 6.07) is 7.06. The van der Waals surface area contributed by atoms with Gasteiger partial charge in [0.05, 0.1) is 0 Å². The summed E-state index contributed by atoms with van der Waals surface area (Å²) >= 11 is 3.41. The number of nitrogens with two attached hydrogens (primary N) is 1. The van der Waals surface area contributed by atoms with Gasteiger partial charge >= 0.3 is 0 Å². The number of thioether (sulfide) groups is 2. The Labute approximate surface area is 115 Å². The van der Waals surface area contributed by atoms with Gasteiger partial charge in [0.25, 0.3) is 5.76 Å². The molecule has 0 amide bonds. The predicted molar refractivity (Wildman–Crippen MR) is 72.2 cm³/mol. The summed E-state index contributed by atoms with van der Waals surface area (Å²) in [5, 5.41) is 8.05. The molecule has 3 nitrogen and oxygen atoms in total. The SMILES string of the molecule is Nc1nnc(SCc2ccc(SC(F)F)cc2)s1. The quantitative estimate of drug-likeness (QED) is 0.853. The molecule has 96 valence electrons. The molecule has 0 saturated heterocycles. The van der Waals surface area contributed by atoms with Crippen LogP contribution in [0, 0.1) is 0 Å². The predicted octanol–water partition coefficient (Wildman–Crippen LogP) is 3.73. The van der Waals surface area contributed by atoms with Gasteiger partial charge < -0.3 is 5.73 Å². The minimum Gasteiger partial charge on any atom is -0.374 e. The van der Waals surface area contributed by atoms with Gasteiger partial charge in [0.2, 0.25) is 5.13 Å². The van der Waals surface area contributed by atoms with Crippen molar-refractivity contribution in [3.8, 4) is 0 Å². The monoisotopic (exact) mass is 305 g/mol. The van der Waals surface area contributed by atoms with E-state index in [4.69, 9.17) is 5.73 Å². The van der Waals surface area contributed by atoms with Gasteiger partial charge in [0, 0.05) is 10.6 Å². The zero-order valence-corrected chi connectivity index (χ0v) is 11.5. The van der Waals surface area contributed by atoms with E-state index in [0.29, 0.717) is 27.5 Å². The topological polar surface area (TPSA) is 51.8 Å². The molecule has 0 atom stereocenters. The van der Waals surface area contributed by atoms with E-state index in [1.807, 2.05) is 12.1 Å². The third kappa shape index (κ3) is 4.11. The highest BCUT2D eigenvalue weighted by atomic mass is 32.2. The Hall–Kier alpha value is -0.860. The second-order valence-corrected chi connectivity index (χ2v) is 6.51. The molecule has 2 N–H and O–H groups in total. The third-order valence-corrected chi connectivity index (χ3v) is 4.61. The molecule has 2 rings (SSSR count). The van der Waals surface area contributed by atoms with Crippen molar-refractivity contribution in [2.75, 3.05) is 5.73 Å². The summed E-state index contributed by atoms with van der Waals surface area (Å²) in [6.45, 7) is 0. The number of nitrogens with zero attached hydrogens (tertiary/aromatic N) is 2. The van der Waals surface area contributed by atoms with Crippen LogP contribution >= 0.6 is 34.9 Å². The van der Waals surface area contributed by atoms with Crippen molar-refractivity contribution in [1.82, 2.24) is 10.2 Å². The molecule has 8 heteroatoms. The minimum absolute atomic E-state index is 0.446. The Morgan fingerprint density at radius 2 is 1.94 bits per heavy atom. The smallest absolute Gasteiger partial charge is 0.288 e. The first-order valence-electron chi connectivity index (χ1n) is 4.89. The van der Waals surface area contributed by atoms with Crippen LogP contribution < -0.4 is 5.73 Å². The van der Waals surface area contributed by atoms with Crippen molar-refractivity contribution in [2.45, 2.75) is 20.7 Å². The molecule has 2 aromatic rings. The highest BCUT2D eigenvalue weighted by Crippen LogP contribution is 2.29. The number of halogens is 2. The van der Waals surface area contributed by atoms with Gasteiger partial charge in [-0.3, -0.25) is 0 Å². The number of hydrogen-bond donors (Lipinski definition) is 1. The van der Waals surface area contributed by atoms with Crippen LogP contribution in [0.4, 0.5) is 13.9 Å². The molecular formula is C10H9F2N3S3. The molecular weight excluding hydrogens is 296 g/mol. The maximum atomic E-state index is 12.1. The fraction of sp³-hybridized carbons (Fsp3) is 0.200. The number of aromatic nitrogens is 2. The van der Waals surface area contributed by atoms with Crippen LogP contribution in [0.15, 0.2) is 33.5 Å². The number of hydrogen-bond acceptors (Lipinski definition) is 6. The zero-order valence-electron chi connectivity index (χ0n) is 9.05. The first-order valence-corrected chi connectivity index (χ1v) is 7.57. The molecule has 0 spiro atoms. The van der Waals surface area contributed by atoms with E-state index >= 15 is 0 Å². The molecule has 18 heavy (non-hydrogen) atoms. The van der Waals surface area contributed by atoms with Crippen molar-refractivity contribution in [1.29, 1.82) is 0 Å². The molecule has 1 aromatic heterocycles. The van der Waals surface area contributed by atoms with Crippen LogP contribution in [0.25, 0.3) is 0 Å². The molecule has 0 aliphatic carbocycles. The van der Waals surface area contributed by atoms with Crippen molar-refractivity contribution in [3.63, 3.8) is 0 Å². The van der Waals surface area contributed by atoms with Gasteiger partial charge in [0.1, 0.15) is 0 Å². The third-order valence-electron chi connectivity index (χ3n) is 1.93. The summed E-state index contributed by atoms with van der Waals surface area (Å²) in [5.74, 6) is -1.66. The van der Waals surface area contributed by atoms with Crippen LogP contribution in [-0.4, -0.2) is 16.0 Å². The fourth-order valence-corrected chi connectivity index (χ4v) is 3.28. The van der Waals surface area contributed by atoms with E-state index in [9.17, 15) is 8.78 Å². The largest absolute Gasteiger partial charge is 0.374 e. The summed E-state index contributed by atoms with van der Waals surface area (Å²) < 4.78 is 25.1. The molecule has 1 aromatic carbocycles. The summed E-state index contributed by atoms with van der Waals surface area (Å²) in [7, 11) is 0. The van der Waals surface area contributed by atoms with Gasteiger partial charge in [-0.05, 0) is 17.7 Å². The van der Waals surface area contributed by atoms with Gasteiger partial charge in [-0.2, -0.15) is 8.78 Å². The van der Waals surface area contributed by atoms with Crippen molar-refractivity contribution in [2.24, 2.45) is 0 Å². The van der Waals surface area contributed by atoms with Crippen LogP contribution in [-0.2, 0) is 5.75 Å². The number of anilines is 1. The van der Waals surface area contributed by atoms with E-state index in [0.717, 1.165) is 9.90 Å². The maximum Gasteiger partial charge on any atom is 0.288 e. The van der Waals surface area contributed by atoms with Crippen LogP contribution in [0.5, 0.6) is 0 Å². The van der Waals surface area contributed by atoms with Crippen LogP contribution in [0.3, 0.4) is 0 Å². The lowest BCUT2D eigenvalue weighted by Crippen LogP contribution is -1.84. The van der Waals surface area contributed by atoms with Crippen LogP contribution in [0.1, 0.15) is 5.56 Å². The van der Waals surface area contributed by atoms with Gasteiger partial charge in [-0.25, -0.2) is 0 Å². The molecule has 0 aliphatic rings. The standard InChI is InChI=1S/C10H9F2N3S3/c11-8(12)17-7-3-1-6(2-4-7)5-16-10-15-14-9(13)18-10/h1-4,8H,5H2,(H2,13,14). The first kappa shape index (κ1) is 13.6. The number of nitrogen functional groups attached to an aromatic ring is 1. The van der Waals surface area contributed by atoms with Crippen molar-refractivity contribution < 1.29 is 8.78 Å². The van der Waals surface area contributed by atoms with Gasteiger partial charge in [0.15, 0.2) is 4.34 Å². The van der Waals surface area contributed by atoms with Crippen LogP contribution in [0.2, 0.25) is 0 Å². The normalized spacial score (nSPS) is 11.1. The lowest BCUT2D eigenvalue weighted by molar-refractivity contribution is 0.252. The Morgan fingerprint density at radius 3 is 2.50 bits per heavy atom. The first-order chi connectivity index (χ1) is 8.63. The van der Waals surface area contributed by atoms with E-state index in [2.05, 4.69) is 10.2 Å². The lowest BCUT2D eigenvalue weighted by Gasteiger charge is -2.02. The average molecular weight is 305 g/mol. The van der Waals surface area contributed by atoms with Gasteiger partial charge in [-0.1, -0.05) is 47.0 Å². The molecule has 0 fully saturated rings. The number of rotatable bonds is 5. The average Bonchev–Trinajstić information content (AvgIpc) is 2.74. The van der Waals surface area contributed by atoms with E-state index in [-0.39, 0.29) is 0 Å². The number of alkyl halides is 2. The van der Waals surface area contributed by atoms with Gasteiger partial charge in [-0.15, -0.1) is 10.2 Å². The van der Waals surface area contributed by atoms with Crippen molar-refractivity contribution in [3.05, 3.63) is 29.8 Å². The number of benzene rings is 1. The molecule has 0 bridgehead atoms. The Morgan fingerprint density at radius 1 is 1.22 bits per heavy atom. The molecule has 0 saturated carbocycles. The van der Waals surface area contributed by atoms with E-state index in [1.165, 1.54) is 23.1 Å². The summed E-state index contributed by atoms with van der Waals surface area (Å²) in [4.78, 5) is 0.568. The fourth-order valence-electron chi connectivity index (χ4n) is 1.19. The maximum absolute atomic E-state index is 12.1. The second-order valence-electron chi connectivity index (χ2n) is 3.22. The van der Waals surface area contributed by atoms with Crippen molar-refractivity contribution >= 4 is 40.0 Å². The lowest BCUT2D eigenvalue weighted by atomic mass is 10.2. The molecule has 0 unspecified atom stereocenters. The van der Waals surface area contributed by atoms with E-state index < -0.39 is 5.76 Å². The highest BCUT2D eigenvalue weighted by molar-refractivity contribution is 8.00. The Kier molecular flexibility index (Phi) is 4.79. The molecule has 0 aliphatic heterocycles. The minimum atomic E-state index is -2.38.